The maximum atomic E-state index is 11.3. The summed E-state index contributed by atoms with van der Waals surface area (Å²) in [7, 11) is 1.96. The summed E-state index contributed by atoms with van der Waals surface area (Å²) in [5.74, 6) is -0.502. The Balaban J connectivity index is 1.71. The first-order chi connectivity index (χ1) is 10.1. The summed E-state index contributed by atoms with van der Waals surface area (Å²) in [5, 5.41) is 10.1. The van der Waals surface area contributed by atoms with E-state index in [0.717, 1.165) is 36.6 Å². The van der Waals surface area contributed by atoms with Crippen molar-refractivity contribution >= 4 is 22.4 Å². The van der Waals surface area contributed by atoms with E-state index in [4.69, 9.17) is 0 Å². The number of carboxylic acids is 1. The molecule has 0 bridgehead atoms. The SMILES string of the molecule is CN(CCc1ccncc1)c1nc(C2CC2)c(C(=O)O)s1. The first-order valence-electron chi connectivity index (χ1n) is 6.99. The normalized spacial score (nSPS) is 14.1. The summed E-state index contributed by atoms with van der Waals surface area (Å²) >= 11 is 1.28. The molecule has 2 aromatic heterocycles. The van der Waals surface area contributed by atoms with E-state index in [1.807, 2.05) is 24.1 Å². The van der Waals surface area contributed by atoms with Crippen LogP contribution >= 0.6 is 11.3 Å². The molecular formula is C15H17N3O2S. The lowest BCUT2D eigenvalue weighted by Crippen LogP contribution is -2.20. The second-order valence-corrected chi connectivity index (χ2v) is 6.29. The lowest BCUT2D eigenvalue weighted by Gasteiger charge is -2.15. The molecule has 0 atom stereocenters. The van der Waals surface area contributed by atoms with Crippen molar-refractivity contribution < 1.29 is 9.90 Å². The number of aromatic nitrogens is 2. The van der Waals surface area contributed by atoms with Crippen LogP contribution < -0.4 is 4.90 Å². The molecule has 0 unspecified atom stereocenters. The molecule has 1 aliphatic rings. The van der Waals surface area contributed by atoms with Crippen molar-refractivity contribution in [3.05, 3.63) is 40.7 Å². The second-order valence-electron chi connectivity index (χ2n) is 5.32. The van der Waals surface area contributed by atoms with Crippen molar-refractivity contribution in [1.29, 1.82) is 0 Å². The topological polar surface area (TPSA) is 66.3 Å². The van der Waals surface area contributed by atoms with Gasteiger partial charge in [0.05, 0.1) is 5.69 Å². The monoisotopic (exact) mass is 303 g/mol. The lowest BCUT2D eigenvalue weighted by molar-refractivity contribution is 0.0700. The Labute approximate surface area is 127 Å². The minimum absolute atomic E-state index is 0.356. The molecule has 5 nitrogen and oxygen atoms in total. The van der Waals surface area contributed by atoms with Gasteiger partial charge in [-0.05, 0) is 37.0 Å². The van der Waals surface area contributed by atoms with Crippen molar-refractivity contribution in [1.82, 2.24) is 9.97 Å². The van der Waals surface area contributed by atoms with Crippen molar-refractivity contribution in [2.75, 3.05) is 18.5 Å². The van der Waals surface area contributed by atoms with Crippen molar-refractivity contribution in [3.63, 3.8) is 0 Å². The van der Waals surface area contributed by atoms with Gasteiger partial charge in [0.1, 0.15) is 4.88 Å². The number of hydrogen-bond acceptors (Lipinski definition) is 5. The van der Waals surface area contributed by atoms with Crippen molar-refractivity contribution in [3.8, 4) is 0 Å². The summed E-state index contributed by atoms with van der Waals surface area (Å²) in [6.07, 6.45) is 6.58. The standard InChI is InChI=1S/C15H17N3O2S/c1-18(9-6-10-4-7-16-8-5-10)15-17-12(11-2-3-11)13(21-15)14(19)20/h4-5,7-8,11H,2-3,6,9H2,1H3,(H,19,20). The van der Waals surface area contributed by atoms with Crippen LogP contribution in [0, 0.1) is 0 Å². The van der Waals surface area contributed by atoms with Gasteiger partial charge in [-0.25, -0.2) is 9.78 Å². The molecule has 1 aliphatic carbocycles. The first kappa shape index (κ1) is 14.0. The van der Waals surface area contributed by atoms with Crippen LogP contribution in [0.3, 0.4) is 0 Å². The molecule has 2 aromatic rings. The molecule has 0 aliphatic heterocycles. The van der Waals surface area contributed by atoms with Gasteiger partial charge in [-0.2, -0.15) is 0 Å². The average molecular weight is 303 g/mol. The average Bonchev–Trinajstić information content (AvgIpc) is 3.24. The number of carboxylic acid groups (broad SMARTS) is 1. The van der Waals surface area contributed by atoms with E-state index >= 15 is 0 Å². The van der Waals surface area contributed by atoms with E-state index in [0.29, 0.717) is 10.8 Å². The molecular weight excluding hydrogens is 286 g/mol. The number of thiazole rings is 1. The Morgan fingerprint density at radius 2 is 2.14 bits per heavy atom. The molecule has 6 heteroatoms. The molecule has 0 radical (unpaired) electrons. The van der Waals surface area contributed by atoms with Gasteiger partial charge in [0.2, 0.25) is 0 Å². The first-order valence-corrected chi connectivity index (χ1v) is 7.81. The van der Waals surface area contributed by atoms with Crippen LogP contribution in [0.15, 0.2) is 24.5 Å². The van der Waals surface area contributed by atoms with Gasteiger partial charge in [0.15, 0.2) is 5.13 Å². The number of hydrogen-bond donors (Lipinski definition) is 1. The van der Waals surface area contributed by atoms with Gasteiger partial charge in [-0.15, -0.1) is 0 Å². The number of carbonyl (C=O) groups is 1. The summed E-state index contributed by atoms with van der Waals surface area (Å²) in [5.41, 5.74) is 1.99. The third-order valence-corrected chi connectivity index (χ3v) is 4.79. The number of aromatic carboxylic acids is 1. The Hall–Kier alpha value is -1.95. The van der Waals surface area contributed by atoms with Crippen LogP contribution in [0.5, 0.6) is 0 Å². The highest BCUT2D eigenvalue weighted by Gasteiger charge is 2.32. The lowest BCUT2D eigenvalue weighted by atomic mass is 10.2. The van der Waals surface area contributed by atoms with Crippen LogP contribution in [0.1, 0.15) is 39.7 Å². The zero-order chi connectivity index (χ0) is 14.8. The van der Waals surface area contributed by atoms with E-state index < -0.39 is 5.97 Å². The summed E-state index contributed by atoms with van der Waals surface area (Å²) in [6, 6.07) is 3.99. The third-order valence-electron chi connectivity index (χ3n) is 3.61. The highest BCUT2D eigenvalue weighted by atomic mass is 32.1. The van der Waals surface area contributed by atoms with E-state index in [-0.39, 0.29) is 0 Å². The maximum absolute atomic E-state index is 11.3. The van der Waals surface area contributed by atoms with Gasteiger partial charge >= 0.3 is 5.97 Å². The van der Waals surface area contributed by atoms with Crippen LogP contribution in [-0.4, -0.2) is 34.6 Å². The van der Waals surface area contributed by atoms with E-state index in [9.17, 15) is 9.90 Å². The highest BCUT2D eigenvalue weighted by molar-refractivity contribution is 7.17. The van der Waals surface area contributed by atoms with Crippen LogP contribution in [0.2, 0.25) is 0 Å². The van der Waals surface area contributed by atoms with Gasteiger partial charge in [0, 0.05) is 31.9 Å². The number of anilines is 1. The predicted molar refractivity (Wildman–Crippen MR) is 82.3 cm³/mol. The van der Waals surface area contributed by atoms with E-state index in [2.05, 4.69) is 9.97 Å². The highest BCUT2D eigenvalue weighted by Crippen LogP contribution is 2.44. The molecule has 110 valence electrons. The molecule has 2 heterocycles. The van der Waals surface area contributed by atoms with Crippen LogP contribution in [-0.2, 0) is 6.42 Å². The van der Waals surface area contributed by atoms with E-state index in [1.54, 1.807) is 12.4 Å². The fourth-order valence-electron chi connectivity index (χ4n) is 2.21. The van der Waals surface area contributed by atoms with E-state index in [1.165, 1.54) is 16.9 Å². The number of pyridine rings is 1. The van der Waals surface area contributed by atoms with Gasteiger partial charge in [0.25, 0.3) is 0 Å². The Kier molecular flexibility index (Phi) is 3.88. The van der Waals surface area contributed by atoms with Gasteiger partial charge < -0.3 is 10.0 Å². The number of likely N-dealkylation sites (N-methyl/N-ethyl adjacent to an activating group) is 1. The van der Waals surface area contributed by atoms with Crippen LogP contribution in [0.25, 0.3) is 0 Å². The summed E-state index contributed by atoms with van der Waals surface area (Å²) in [6.45, 7) is 0.806. The van der Waals surface area contributed by atoms with Gasteiger partial charge in [-0.1, -0.05) is 11.3 Å². The van der Waals surface area contributed by atoms with Gasteiger partial charge in [-0.3, -0.25) is 4.98 Å². The Morgan fingerprint density at radius 1 is 1.43 bits per heavy atom. The minimum atomic E-state index is -0.858. The maximum Gasteiger partial charge on any atom is 0.347 e. The Morgan fingerprint density at radius 3 is 2.76 bits per heavy atom. The molecule has 3 rings (SSSR count). The molecule has 0 amide bonds. The largest absolute Gasteiger partial charge is 0.477 e. The Bertz CT molecular complexity index is 638. The second kappa shape index (κ2) is 5.81. The summed E-state index contributed by atoms with van der Waals surface area (Å²) < 4.78 is 0. The van der Waals surface area contributed by atoms with Crippen LogP contribution in [0.4, 0.5) is 5.13 Å². The molecule has 1 saturated carbocycles. The minimum Gasteiger partial charge on any atom is -0.477 e. The molecule has 0 aromatic carbocycles. The number of rotatable bonds is 6. The quantitative estimate of drug-likeness (QED) is 0.889. The fraction of sp³-hybridized carbons (Fsp3) is 0.400. The third kappa shape index (κ3) is 3.21. The zero-order valence-corrected chi connectivity index (χ0v) is 12.6. The molecule has 0 spiro atoms. The zero-order valence-electron chi connectivity index (χ0n) is 11.8. The smallest absolute Gasteiger partial charge is 0.347 e. The molecule has 21 heavy (non-hydrogen) atoms. The van der Waals surface area contributed by atoms with Crippen molar-refractivity contribution in [2.45, 2.75) is 25.2 Å². The van der Waals surface area contributed by atoms with Crippen molar-refractivity contribution in [2.24, 2.45) is 0 Å². The molecule has 0 saturated heterocycles. The molecule has 1 N–H and O–H groups in total. The number of nitrogens with zero attached hydrogens (tertiary/aromatic N) is 3. The molecule has 1 fully saturated rings. The summed E-state index contributed by atoms with van der Waals surface area (Å²) in [4.78, 5) is 22.3. The fourth-order valence-corrected chi connectivity index (χ4v) is 3.19. The predicted octanol–water partition coefficient (Wildman–Crippen LogP) is 2.79.